The predicted octanol–water partition coefficient (Wildman–Crippen LogP) is 3.29. The van der Waals surface area contributed by atoms with Gasteiger partial charge < -0.3 is 10.5 Å². The summed E-state index contributed by atoms with van der Waals surface area (Å²) in [5, 5.41) is 9.12. The lowest BCUT2D eigenvalue weighted by Gasteiger charge is -2.14. The van der Waals surface area contributed by atoms with Gasteiger partial charge in [-0.2, -0.15) is 5.10 Å². The standard InChI is InChI=1S/C16H20ClN3O/c1-3-13-14(9-18)16(20-19-15(13)4-2)21-10-11-6-5-7-12(17)8-11/h5-8H,3-4,9-10,18H2,1-2H3. The first-order chi connectivity index (χ1) is 10.2. The molecule has 0 aliphatic heterocycles. The number of hydrogen-bond acceptors (Lipinski definition) is 4. The summed E-state index contributed by atoms with van der Waals surface area (Å²) in [7, 11) is 0. The predicted molar refractivity (Wildman–Crippen MR) is 84.5 cm³/mol. The number of aromatic nitrogens is 2. The van der Waals surface area contributed by atoms with Crippen molar-refractivity contribution >= 4 is 11.6 Å². The van der Waals surface area contributed by atoms with Gasteiger partial charge >= 0.3 is 0 Å². The second-order valence-electron chi connectivity index (χ2n) is 4.74. The topological polar surface area (TPSA) is 61.0 Å². The molecule has 0 bridgehead atoms. The van der Waals surface area contributed by atoms with Crippen LogP contribution in [0.4, 0.5) is 0 Å². The number of aryl methyl sites for hydroxylation is 1. The number of nitrogens with zero attached hydrogens (tertiary/aromatic N) is 2. The number of hydrogen-bond donors (Lipinski definition) is 1. The van der Waals surface area contributed by atoms with Gasteiger partial charge in [-0.1, -0.05) is 37.6 Å². The summed E-state index contributed by atoms with van der Waals surface area (Å²) < 4.78 is 5.80. The Bertz CT molecular complexity index is 616. The Labute approximate surface area is 130 Å². The number of rotatable bonds is 6. The highest BCUT2D eigenvalue weighted by Crippen LogP contribution is 2.23. The molecule has 0 unspecified atom stereocenters. The second-order valence-corrected chi connectivity index (χ2v) is 5.18. The van der Waals surface area contributed by atoms with Crippen LogP contribution in [0.25, 0.3) is 0 Å². The minimum Gasteiger partial charge on any atom is -0.471 e. The van der Waals surface area contributed by atoms with Gasteiger partial charge in [0.05, 0.1) is 5.69 Å². The first-order valence-electron chi connectivity index (χ1n) is 7.14. The van der Waals surface area contributed by atoms with Gasteiger partial charge in [0.2, 0.25) is 5.88 Å². The molecule has 21 heavy (non-hydrogen) atoms. The van der Waals surface area contributed by atoms with Gasteiger partial charge in [0.1, 0.15) is 6.61 Å². The molecule has 0 atom stereocenters. The molecule has 1 heterocycles. The average Bonchev–Trinajstić information content (AvgIpc) is 2.51. The average molecular weight is 306 g/mol. The molecule has 0 amide bonds. The molecule has 2 aromatic rings. The lowest BCUT2D eigenvalue weighted by atomic mass is 10.0. The highest BCUT2D eigenvalue weighted by molar-refractivity contribution is 6.30. The molecule has 5 heteroatoms. The molecule has 0 fully saturated rings. The third-order valence-electron chi connectivity index (χ3n) is 3.39. The Morgan fingerprint density at radius 1 is 1.14 bits per heavy atom. The monoisotopic (exact) mass is 305 g/mol. The maximum absolute atomic E-state index is 5.97. The van der Waals surface area contributed by atoms with Crippen molar-refractivity contribution in [2.75, 3.05) is 0 Å². The van der Waals surface area contributed by atoms with Crippen LogP contribution in [0.15, 0.2) is 24.3 Å². The normalized spacial score (nSPS) is 10.7. The van der Waals surface area contributed by atoms with Gasteiger partial charge in [0.25, 0.3) is 0 Å². The maximum Gasteiger partial charge on any atom is 0.238 e. The third kappa shape index (κ3) is 3.71. The van der Waals surface area contributed by atoms with E-state index in [0.717, 1.165) is 35.2 Å². The molecule has 0 radical (unpaired) electrons. The summed E-state index contributed by atoms with van der Waals surface area (Å²) in [6, 6.07) is 7.57. The molecule has 1 aromatic carbocycles. The van der Waals surface area contributed by atoms with Crippen LogP contribution >= 0.6 is 11.6 Å². The SMILES string of the molecule is CCc1nnc(OCc2cccc(Cl)c2)c(CN)c1CC. The zero-order chi connectivity index (χ0) is 15.2. The van der Waals surface area contributed by atoms with E-state index in [1.54, 1.807) is 0 Å². The van der Waals surface area contributed by atoms with Crippen LogP contribution in [0.3, 0.4) is 0 Å². The van der Waals surface area contributed by atoms with E-state index in [9.17, 15) is 0 Å². The smallest absolute Gasteiger partial charge is 0.238 e. The van der Waals surface area contributed by atoms with Crippen molar-refractivity contribution < 1.29 is 4.74 Å². The van der Waals surface area contributed by atoms with Crippen molar-refractivity contribution in [3.8, 4) is 5.88 Å². The molecule has 4 nitrogen and oxygen atoms in total. The Balaban J connectivity index is 2.23. The van der Waals surface area contributed by atoms with Crippen LogP contribution in [-0.4, -0.2) is 10.2 Å². The van der Waals surface area contributed by atoms with Crippen LogP contribution in [0.5, 0.6) is 5.88 Å². The molecule has 0 aliphatic rings. The first-order valence-corrected chi connectivity index (χ1v) is 7.52. The van der Waals surface area contributed by atoms with E-state index in [1.165, 1.54) is 0 Å². The fraction of sp³-hybridized carbons (Fsp3) is 0.375. The van der Waals surface area contributed by atoms with E-state index in [0.29, 0.717) is 24.1 Å². The van der Waals surface area contributed by atoms with Gasteiger partial charge in [-0.15, -0.1) is 5.10 Å². The lowest BCUT2D eigenvalue weighted by Crippen LogP contribution is -2.12. The van der Waals surface area contributed by atoms with Gasteiger partial charge in [-0.3, -0.25) is 0 Å². The lowest BCUT2D eigenvalue weighted by molar-refractivity contribution is 0.285. The molecule has 1 aromatic heterocycles. The molecular formula is C16H20ClN3O. The zero-order valence-corrected chi connectivity index (χ0v) is 13.2. The van der Waals surface area contributed by atoms with Crippen LogP contribution in [0.2, 0.25) is 5.02 Å². The number of ether oxygens (including phenoxy) is 1. The van der Waals surface area contributed by atoms with E-state index in [4.69, 9.17) is 22.1 Å². The van der Waals surface area contributed by atoms with Crippen molar-refractivity contribution in [3.05, 3.63) is 51.7 Å². The highest BCUT2D eigenvalue weighted by atomic mass is 35.5. The fourth-order valence-corrected chi connectivity index (χ4v) is 2.55. The Morgan fingerprint density at radius 3 is 2.57 bits per heavy atom. The van der Waals surface area contributed by atoms with Gasteiger partial charge in [0.15, 0.2) is 0 Å². The van der Waals surface area contributed by atoms with Crippen molar-refractivity contribution in [1.29, 1.82) is 0 Å². The Morgan fingerprint density at radius 2 is 1.95 bits per heavy atom. The van der Waals surface area contributed by atoms with Gasteiger partial charge in [-0.25, -0.2) is 0 Å². The van der Waals surface area contributed by atoms with Crippen LogP contribution < -0.4 is 10.5 Å². The molecule has 0 spiro atoms. The van der Waals surface area contributed by atoms with Gasteiger partial charge in [0, 0.05) is 17.1 Å². The number of benzene rings is 1. The fourth-order valence-electron chi connectivity index (χ4n) is 2.34. The highest BCUT2D eigenvalue weighted by Gasteiger charge is 2.14. The number of halogens is 1. The second kappa shape index (κ2) is 7.38. The van der Waals surface area contributed by atoms with Gasteiger partial charge in [-0.05, 0) is 36.1 Å². The minimum atomic E-state index is 0.399. The molecule has 0 aliphatic carbocycles. The Hall–Kier alpha value is -1.65. The quantitative estimate of drug-likeness (QED) is 0.889. The van der Waals surface area contributed by atoms with Crippen molar-refractivity contribution in [1.82, 2.24) is 10.2 Å². The summed E-state index contributed by atoms with van der Waals surface area (Å²) in [6.07, 6.45) is 1.72. The Kier molecular flexibility index (Phi) is 5.53. The van der Waals surface area contributed by atoms with E-state index in [1.807, 2.05) is 24.3 Å². The first kappa shape index (κ1) is 15.7. The van der Waals surface area contributed by atoms with Crippen LogP contribution in [0, 0.1) is 0 Å². The summed E-state index contributed by atoms with van der Waals surface area (Å²) in [5.41, 5.74) is 9.96. The van der Waals surface area contributed by atoms with Crippen molar-refractivity contribution in [2.24, 2.45) is 5.73 Å². The summed E-state index contributed by atoms with van der Waals surface area (Å²) >= 11 is 5.97. The maximum atomic E-state index is 5.97. The van der Waals surface area contributed by atoms with Crippen LogP contribution in [0.1, 0.15) is 36.2 Å². The van der Waals surface area contributed by atoms with E-state index < -0.39 is 0 Å². The van der Waals surface area contributed by atoms with Crippen LogP contribution in [-0.2, 0) is 26.0 Å². The van der Waals surface area contributed by atoms with E-state index >= 15 is 0 Å². The molecule has 2 rings (SSSR count). The van der Waals surface area contributed by atoms with Crippen molar-refractivity contribution in [3.63, 3.8) is 0 Å². The summed E-state index contributed by atoms with van der Waals surface area (Å²) in [5.74, 6) is 0.520. The van der Waals surface area contributed by atoms with E-state index in [-0.39, 0.29) is 0 Å². The summed E-state index contributed by atoms with van der Waals surface area (Å²) in [4.78, 5) is 0. The van der Waals surface area contributed by atoms with E-state index in [2.05, 4.69) is 24.0 Å². The molecular weight excluding hydrogens is 286 g/mol. The molecule has 112 valence electrons. The minimum absolute atomic E-state index is 0.399. The zero-order valence-electron chi connectivity index (χ0n) is 12.4. The molecule has 0 saturated heterocycles. The number of nitrogens with two attached hydrogens (primary N) is 1. The summed E-state index contributed by atoms with van der Waals surface area (Å²) in [6.45, 7) is 4.96. The molecule has 2 N–H and O–H groups in total. The molecule has 0 saturated carbocycles. The largest absolute Gasteiger partial charge is 0.471 e. The van der Waals surface area contributed by atoms with Crippen molar-refractivity contribution in [2.45, 2.75) is 39.8 Å². The third-order valence-corrected chi connectivity index (χ3v) is 3.62.